The number of hydrogen-bond acceptors (Lipinski definition) is 6. The van der Waals surface area contributed by atoms with Crippen LogP contribution in [-0.2, 0) is 9.59 Å². The number of aliphatic hydroxyl groups excluding tert-OH is 1. The molecule has 2 N–H and O–H groups in total. The van der Waals surface area contributed by atoms with E-state index in [1.54, 1.807) is 68.9 Å². The van der Waals surface area contributed by atoms with Crippen molar-refractivity contribution in [2.75, 3.05) is 12.0 Å². The van der Waals surface area contributed by atoms with Crippen LogP contribution in [0.5, 0.6) is 11.5 Å². The van der Waals surface area contributed by atoms with Crippen molar-refractivity contribution in [3.8, 4) is 11.5 Å². The normalized spacial score (nSPS) is 17.6. The van der Waals surface area contributed by atoms with Crippen LogP contribution in [0.4, 0.5) is 5.69 Å². The molecule has 1 aliphatic rings. The molecule has 1 amide bonds. The average molecular weight is 430 g/mol. The molecule has 0 aliphatic carbocycles. The molecule has 1 saturated heterocycles. The van der Waals surface area contributed by atoms with Crippen molar-refractivity contribution in [2.24, 2.45) is 0 Å². The van der Waals surface area contributed by atoms with Gasteiger partial charge in [0.25, 0.3) is 11.7 Å². The number of benzene rings is 2. The van der Waals surface area contributed by atoms with Crippen molar-refractivity contribution >= 4 is 23.1 Å². The zero-order chi connectivity index (χ0) is 23.0. The molecule has 4 rings (SSSR count). The molecule has 2 aromatic carbocycles. The number of ether oxygens (including phenoxy) is 1. The van der Waals surface area contributed by atoms with Gasteiger partial charge in [-0.2, -0.15) is 0 Å². The minimum atomic E-state index is -0.937. The van der Waals surface area contributed by atoms with E-state index in [9.17, 15) is 19.8 Å². The number of pyridine rings is 1. The zero-order valence-corrected chi connectivity index (χ0v) is 17.9. The highest BCUT2D eigenvalue weighted by atomic mass is 16.5. The van der Waals surface area contributed by atoms with Crippen molar-refractivity contribution in [3.63, 3.8) is 0 Å². The van der Waals surface area contributed by atoms with Crippen molar-refractivity contribution < 1.29 is 24.5 Å². The molecule has 1 aromatic heterocycles. The number of hydrogen-bond donors (Lipinski definition) is 2. The molecule has 0 radical (unpaired) electrons. The predicted octanol–water partition coefficient (Wildman–Crippen LogP) is 4.04. The van der Waals surface area contributed by atoms with Gasteiger partial charge in [0.15, 0.2) is 0 Å². The lowest BCUT2D eigenvalue weighted by Gasteiger charge is -2.26. The lowest BCUT2D eigenvalue weighted by molar-refractivity contribution is -0.132. The number of aliphatic hydroxyl groups is 1. The first-order valence-electron chi connectivity index (χ1n) is 9.99. The van der Waals surface area contributed by atoms with Gasteiger partial charge >= 0.3 is 0 Å². The van der Waals surface area contributed by atoms with Gasteiger partial charge in [-0.1, -0.05) is 12.1 Å². The van der Waals surface area contributed by atoms with Crippen LogP contribution in [0, 0.1) is 13.8 Å². The molecule has 162 valence electrons. The molecule has 2 heterocycles. The van der Waals surface area contributed by atoms with Gasteiger partial charge in [-0.3, -0.25) is 19.5 Å². The molecule has 7 nitrogen and oxygen atoms in total. The van der Waals surface area contributed by atoms with Crippen LogP contribution < -0.4 is 9.64 Å². The zero-order valence-electron chi connectivity index (χ0n) is 17.9. The Kier molecular flexibility index (Phi) is 5.40. The number of para-hydroxylation sites is 2. The second-order valence-electron chi connectivity index (χ2n) is 7.58. The van der Waals surface area contributed by atoms with Gasteiger partial charge in [0.05, 0.1) is 24.4 Å². The quantitative estimate of drug-likeness (QED) is 0.368. The fourth-order valence-electron chi connectivity index (χ4n) is 4.02. The van der Waals surface area contributed by atoms with Gasteiger partial charge < -0.3 is 14.9 Å². The van der Waals surface area contributed by atoms with Crippen molar-refractivity contribution in [1.29, 1.82) is 0 Å². The largest absolute Gasteiger partial charge is 0.507 e. The van der Waals surface area contributed by atoms with E-state index in [1.165, 1.54) is 11.0 Å². The fourth-order valence-corrected chi connectivity index (χ4v) is 4.02. The van der Waals surface area contributed by atoms with Crippen LogP contribution in [-0.4, -0.2) is 34.0 Å². The highest BCUT2D eigenvalue weighted by Gasteiger charge is 2.47. The lowest BCUT2D eigenvalue weighted by atomic mass is 9.93. The molecular formula is C25H22N2O5. The van der Waals surface area contributed by atoms with E-state index in [-0.39, 0.29) is 22.8 Å². The molecule has 1 fully saturated rings. The van der Waals surface area contributed by atoms with Crippen LogP contribution in [0.25, 0.3) is 5.76 Å². The van der Waals surface area contributed by atoms with Gasteiger partial charge in [-0.25, -0.2) is 0 Å². The summed E-state index contributed by atoms with van der Waals surface area (Å²) in [7, 11) is 1.56. The van der Waals surface area contributed by atoms with E-state index < -0.39 is 17.7 Å². The predicted molar refractivity (Wildman–Crippen MR) is 120 cm³/mol. The Morgan fingerprint density at radius 1 is 1.03 bits per heavy atom. The van der Waals surface area contributed by atoms with Crippen LogP contribution in [0.1, 0.15) is 28.3 Å². The van der Waals surface area contributed by atoms with E-state index in [1.807, 2.05) is 6.92 Å². The molecule has 1 unspecified atom stereocenters. The molecule has 1 aliphatic heterocycles. The number of Topliss-reactive ketones (excluding diaryl/α,β-unsaturated/α-hetero) is 1. The number of methoxy groups -OCH3 is 1. The number of phenolic OH excluding ortho intramolecular Hbond substituents is 1. The standard InChI is InChI=1S/C25H22N2O5/c1-14-13-20(32-3)15(2)12-17(14)23(29)21-22(16-8-10-26-11-9-16)27(25(31)24(21)30)18-6-4-5-7-19(18)28/h4-13,22,28-29H,1-3H3/b23-21+. The Morgan fingerprint density at radius 3 is 2.38 bits per heavy atom. The summed E-state index contributed by atoms with van der Waals surface area (Å²) in [6, 6.07) is 12.2. The summed E-state index contributed by atoms with van der Waals surface area (Å²) < 4.78 is 5.34. The van der Waals surface area contributed by atoms with Crippen LogP contribution >= 0.6 is 0 Å². The molecule has 3 aromatic rings. The Bertz CT molecular complexity index is 1250. The number of aromatic hydroxyl groups is 1. The summed E-state index contributed by atoms with van der Waals surface area (Å²) in [5.74, 6) is -1.45. The molecule has 32 heavy (non-hydrogen) atoms. The highest BCUT2D eigenvalue weighted by Crippen LogP contribution is 2.45. The van der Waals surface area contributed by atoms with E-state index >= 15 is 0 Å². The molecule has 0 spiro atoms. The third-order valence-corrected chi connectivity index (χ3v) is 5.60. The summed E-state index contributed by atoms with van der Waals surface area (Å²) in [6.07, 6.45) is 3.09. The summed E-state index contributed by atoms with van der Waals surface area (Å²) in [5.41, 5.74) is 2.59. The van der Waals surface area contributed by atoms with Gasteiger partial charge in [-0.15, -0.1) is 0 Å². The average Bonchev–Trinajstić information content (AvgIpc) is 3.06. The first-order valence-corrected chi connectivity index (χ1v) is 9.99. The number of carbonyl (C=O) groups is 2. The van der Waals surface area contributed by atoms with Crippen LogP contribution in [0.2, 0.25) is 0 Å². The number of carbonyl (C=O) groups excluding carboxylic acids is 2. The first-order chi connectivity index (χ1) is 15.3. The molecular weight excluding hydrogens is 408 g/mol. The third-order valence-electron chi connectivity index (χ3n) is 5.60. The number of aryl methyl sites for hydroxylation is 2. The van der Waals surface area contributed by atoms with Gasteiger partial charge in [0.1, 0.15) is 17.3 Å². The second kappa shape index (κ2) is 8.19. The smallest absolute Gasteiger partial charge is 0.300 e. The van der Waals surface area contributed by atoms with Gasteiger partial charge in [0, 0.05) is 18.0 Å². The molecule has 1 atom stereocenters. The Labute approximate surface area is 185 Å². The number of phenols is 1. The van der Waals surface area contributed by atoms with E-state index in [0.717, 1.165) is 5.56 Å². The maximum absolute atomic E-state index is 13.2. The SMILES string of the molecule is COc1cc(C)c(/C(O)=C2\C(=O)C(=O)N(c3ccccc3O)C2c2ccncc2)cc1C. The monoisotopic (exact) mass is 430 g/mol. The van der Waals surface area contributed by atoms with Crippen molar-refractivity contribution in [1.82, 2.24) is 4.98 Å². The Morgan fingerprint density at radius 2 is 1.72 bits per heavy atom. The number of rotatable bonds is 4. The first kappa shape index (κ1) is 21.1. The maximum Gasteiger partial charge on any atom is 0.300 e. The summed E-state index contributed by atoms with van der Waals surface area (Å²) >= 11 is 0. The highest BCUT2D eigenvalue weighted by molar-refractivity contribution is 6.52. The fraction of sp³-hybridized carbons (Fsp3) is 0.160. The maximum atomic E-state index is 13.2. The summed E-state index contributed by atoms with van der Waals surface area (Å²) in [4.78, 5) is 31.5. The molecule has 0 bridgehead atoms. The summed E-state index contributed by atoms with van der Waals surface area (Å²) in [5, 5.41) is 21.7. The third kappa shape index (κ3) is 3.37. The Balaban J connectivity index is 1.98. The van der Waals surface area contributed by atoms with Gasteiger partial charge in [-0.05, 0) is 66.9 Å². The molecule has 7 heteroatoms. The molecule has 0 saturated carbocycles. The van der Waals surface area contributed by atoms with Crippen molar-refractivity contribution in [3.05, 3.63) is 88.8 Å². The Hall–Kier alpha value is -4.13. The topological polar surface area (TPSA) is 100.0 Å². The second-order valence-corrected chi connectivity index (χ2v) is 7.58. The van der Waals surface area contributed by atoms with Crippen LogP contribution in [0.15, 0.2) is 66.5 Å². The number of amides is 1. The van der Waals surface area contributed by atoms with E-state index in [4.69, 9.17) is 4.74 Å². The van der Waals surface area contributed by atoms with E-state index in [0.29, 0.717) is 22.4 Å². The minimum absolute atomic E-state index is 0.0582. The number of anilines is 1. The van der Waals surface area contributed by atoms with Crippen molar-refractivity contribution in [2.45, 2.75) is 19.9 Å². The van der Waals surface area contributed by atoms with Crippen LogP contribution in [0.3, 0.4) is 0 Å². The van der Waals surface area contributed by atoms with Gasteiger partial charge in [0.2, 0.25) is 0 Å². The lowest BCUT2D eigenvalue weighted by Crippen LogP contribution is -2.29. The van der Waals surface area contributed by atoms with E-state index in [2.05, 4.69) is 4.98 Å². The minimum Gasteiger partial charge on any atom is -0.507 e. The number of nitrogens with zero attached hydrogens (tertiary/aromatic N) is 2. The number of ketones is 1. The number of aromatic nitrogens is 1. The summed E-state index contributed by atoms with van der Waals surface area (Å²) in [6.45, 7) is 3.62.